The highest BCUT2D eigenvalue weighted by atomic mass is 16.2. The lowest BCUT2D eigenvalue weighted by Crippen LogP contribution is -2.45. The molecule has 0 unspecified atom stereocenters. The predicted molar refractivity (Wildman–Crippen MR) is 71.2 cm³/mol. The molecule has 0 aliphatic carbocycles. The number of urea groups is 1. The van der Waals surface area contributed by atoms with Gasteiger partial charge in [0.2, 0.25) is 0 Å². The summed E-state index contributed by atoms with van der Waals surface area (Å²) in [6.45, 7) is 3.69. The zero-order valence-corrected chi connectivity index (χ0v) is 10.8. The first-order chi connectivity index (χ1) is 8.79. The van der Waals surface area contributed by atoms with Gasteiger partial charge in [0.15, 0.2) is 0 Å². The van der Waals surface area contributed by atoms with E-state index in [1.807, 2.05) is 12.1 Å². The van der Waals surface area contributed by atoms with E-state index in [1.165, 1.54) is 12.0 Å². The molecule has 18 heavy (non-hydrogen) atoms. The second-order valence-corrected chi connectivity index (χ2v) is 4.45. The predicted octanol–water partition coefficient (Wildman–Crippen LogP) is 2.17. The van der Waals surface area contributed by atoms with E-state index in [9.17, 15) is 4.79 Å². The molecule has 5 nitrogen and oxygen atoms in total. The summed E-state index contributed by atoms with van der Waals surface area (Å²) < 4.78 is 0. The minimum Gasteiger partial charge on any atom is -0.291 e. The van der Waals surface area contributed by atoms with Crippen LogP contribution in [0.5, 0.6) is 0 Å². The molecule has 1 saturated heterocycles. The summed E-state index contributed by atoms with van der Waals surface area (Å²) in [6.07, 6.45) is 5.99. The molecule has 0 spiro atoms. The molecule has 1 aliphatic rings. The topological polar surface area (TPSA) is 57.3 Å². The zero-order valence-electron chi connectivity index (χ0n) is 10.8. The van der Waals surface area contributed by atoms with Crippen LogP contribution in [0.2, 0.25) is 0 Å². The Morgan fingerprint density at radius 3 is 3.22 bits per heavy atom. The van der Waals surface area contributed by atoms with Gasteiger partial charge < -0.3 is 0 Å². The lowest BCUT2D eigenvalue weighted by atomic mass is 10.2. The fraction of sp³-hybridized carbons (Fsp3) is 0.538. The van der Waals surface area contributed by atoms with Gasteiger partial charge in [0, 0.05) is 19.3 Å². The minimum absolute atomic E-state index is 0.127. The summed E-state index contributed by atoms with van der Waals surface area (Å²) >= 11 is 0. The number of hydrogen-bond donors (Lipinski definition) is 2. The van der Waals surface area contributed by atoms with Crippen molar-refractivity contribution < 1.29 is 4.79 Å². The van der Waals surface area contributed by atoms with Crippen molar-refractivity contribution in [3.05, 3.63) is 23.9 Å². The molecule has 2 N–H and O–H groups in total. The number of aromatic nitrogens is 1. The number of hydrazine groups is 1. The lowest BCUT2D eigenvalue weighted by Gasteiger charge is -2.21. The van der Waals surface area contributed by atoms with Crippen LogP contribution in [0.25, 0.3) is 0 Å². The minimum atomic E-state index is -0.127. The Morgan fingerprint density at radius 1 is 1.50 bits per heavy atom. The van der Waals surface area contributed by atoms with Crippen LogP contribution in [0, 0.1) is 0 Å². The fourth-order valence-electron chi connectivity index (χ4n) is 1.98. The van der Waals surface area contributed by atoms with Crippen LogP contribution in [-0.4, -0.2) is 29.1 Å². The maximum atomic E-state index is 12.0. The molecule has 0 atom stereocenters. The number of aryl methyl sites for hydroxylation is 1. The SMILES string of the molecule is CCc1ccnc(NC(=O)N2CCCCCN2)c1. The summed E-state index contributed by atoms with van der Waals surface area (Å²) in [5, 5.41) is 4.47. The second kappa shape index (κ2) is 6.35. The number of carbonyl (C=O) groups excluding carboxylic acids is 1. The fourth-order valence-corrected chi connectivity index (χ4v) is 1.98. The Hall–Kier alpha value is -1.62. The van der Waals surface area contributed by atoms with Gasteiger partial charge in [-0.2, -0.15) is 0 Å². The first-order valence-electron chi connectivity index (χ1n) is 6.56. The van der Waals surface area contributed by atoms with Gasteiger partial charge in [-0.1, -0.05) is 13.3 Å². The number of anilines is 1. The molecule has 1 aliphatic heterocycles. The molecule has 1 fully saturated rings. The standard InChI is InChI=1S/C13H20N4O/c1-2-11-6-8-14-12(10-11)16-13(18)17-9-5-3-4-7-15-17/h6,8,10,15H,2-5,7,9H2,1H3,(H,14,16,18). The largest absolute Gasteiger partial charge is 0.337 e. The van der Waals surface area contributed by atoms with E-state index in [1.54, 1.807) is 11.2 Å². The van der Waals surface area contributed by atoms with Gasteiger partial charge in [-0.05, 0) is 37.0 Å². The van der Waals surface area contributed by atoms with Crippen LogP contribution >= 0.6 is 0 Å². The lowest BCUT2D eigenvalue weighted by molar-refractivity contribution is 0.189. The van der Waals surface area contributed by atoms with E-state index >= 15 is 0 Å². The molecule has 5 heteroatoms. The third kappa shape index (κ3) is 3.43. The van der Waals surface area contributed by atoms with E-state index in [4.69, 9.17) is 0 Å². The molecular formula is C13H20N4O. The molecule has 0 bridgehead atoms. The number of amides is 2. The number of nitrogens with zero attached hydrogens (tertiary/aromatic N) is 2. The van der Waals surface area contributed by atoms with Crippen LogP contribution in [-0.2, 0) is 6.42 Å². The smallest absolute Gasteiger partial charge is 0.291 e. The maximum absolute atomic E-state index is 12.0. The van der Waals surface area contributed by atoms with E-state index in [2.05, 4.69) is 22.7 Å². The number of pyridine rings is 1. The van der Waals surface area contributed by atoms with Gasteiger partial charge in [0.1, 0.15) is 5.82 Å². The van der Waals surface area contributed by atoms with Crippen LogP contribution in [0.4, 0.5) is 10.6 Å². The highest BCUT2D eigenvalue weighted by Crippen LogP contribution is 2.09. The molecule has 1 aromatic rings. The second-order valence-electron chi connectivity index (χ2n) is 4.45. The number of rotatable bonds is 2. The Bertz CT molecular complexity index is 400. The van der Waals surface area contributed by atoms with Crippen LogP contribution < -0.4 is 10.7 Å². The van der Waals surface area contributed by atoms with Crippen molar-refractivity contribution in [2.75, 3.05) is 18.4 Å². The van der Waals surface area contributed by atoms with Gasteiger partial charge >= 0.3 is 6.03 Å². The molecule has 2 heterocycles. The summed E-state index contributed by atoms with van der Waals surface area (Å²) in [5.41, 5.74) is 4.29. The molecular weight excluding hydrogens is 228 g/mol. The number of hydrogen-bond acceptors (Lipinski definition) is 3. The molecule has 0 radical (unpaired) electrons. The average molecular weight is 248 g/mol. The van der Waals surface area contributed by atoms with Gasteiger partial charge in [-0.3, -0.25) is 10.3 Å². The quantitative estimate of drug-likeness (QED) is 0.843. The molecule has 98 valence electrons. The van der Waals surface area contributed by atoms with Crippen LogP contribution in [0.15, 0.2) is 18.3 Å². The highest BCUT2D eigenvalue weighted by Gasteiger charge is 2.15. The van der Waals surface area contributed by atoms with E-state index in [-0.39, 0.29) is 6.03 Å². The summed E-state index contributed by atoms with van der Waals surface area (Å²) in [7, 11) is 0. The molecule has 2 amide bonds. The Morgan fingerprint density at radius 2 is 2.39 bits per heavy atom. The van der Waals surface area contributed by atoms with Gasteiger partial charge in [0.25, 0.3) is 0 Å². The first kappa shape index (κ1) is 12.8. The van der Waals surface area contributed by atoms with Crippen molar-refractivity contribution in [3.63, 3.8) is 0 Å². The van der Waals surface area contributed by atoms with E-state index in [0.29, 0.717) is 5.82 Å². The first-order valence-corrected chi connectivity index (χ1v) is 6.56. The van der Waals surface area contributed by atoms with Gasteiger partial charge in [-0.15, -0.1) is 0 Å². The Kier molecular flexibility index (Phi) is 4.52. The van der Waals surface area contributed by atoms with Crippen molar-refractivity contribution >= 4 is 11.8 Å². The van der Waals surface area contributed by atoms with Crippen molar-refractivity contribution in [1.82, 2.24) is 15.4 Å². The van der Waals surface area contributed by atoms with Gasteiger partial charge in [-0.25, -0.2) is 15.2 Å². The molecule has 0 saturated carbocycles. The molecule has 1 aromatic heterocycles. The zero-order chi connectivity index (χ0) is 12.8. The van der Waals surface area contributed by atoms with E-state index < -0.39 is 0 Å². The summed E-state index contributed by atoms with van der Waals surface area (Å²) in [5.74, 6) is 0.616. The summed E-state index contributed by atoms with van der Waals surface area (Å²) in [4.78, 5) is 16.2. The monoisotopic (exact) mass is 248 g/mol. The normalized spacial score (nSPS) is 16.2. The maximum Gasteiger partial charge on any atom is 0.337 e. The highest BCUT2D eigenvalue weighted by molar-refractivity contribution is 5.88. The molecule has 0 aromatic carbocycles. The number of nitrogens with one attached hydrogen (secondary N) is 2. The third-order valence-corrected chi connectivity index (χ3v) is 3.07. The van der Waals surface area contributed by atoms with Gasteiger partial charge in [0.05, 0.1) is 0 Å². The number of carbonyl (C=O) groups is 1. The van der Waals surface area contributed by atoms with Crippen molar-refractivity contribution in [2.24, 2.45) is 0 Å². The van der Waals surface area contributed by atoms with Crippen molar-refractivity contribution in [1.29, 1.82) is 0 Å². The molecule has 2 rings (SSSR count). The van der Waals surface area contributed by atoms with Crippen molar-refractivity contribution in [2.45, 2.75) is 32.6 Å². The Balaban J connectivity index is 1.96. The summed E-state index contributed by atoms with van der Waals surface area (Å²) in [6, 6.07) is 3.74. The van der Waals surface area contributed by atoms with E-state index in [0.717, 1.165) is 32.4 Å². The van der Waals surface area contributed by atoms with Crippen molar-refractivity contribution in [3.8, 4) is 0 Å². The third-order valence-electron chi connectivity index (χ3n) is 3.07. The van der Waals surface area contributed by atoms with Crippen LogP contribution in [0.1, 0.15) is 31.7 Å². The average Bonchev–Trinajstić information content (AvgIpc) is 2.68. The Labute approximate surface area is 108 Å². The van der Waals surface area contributed by atoms with Crippen LogP contribution in [0.3, 0.4) is 0 Å².